The van der Waals surface area contributed by atoms with E-state index >= 15 is 0 Å². The highest BCUT2D eigenvalue weighted by Crippen LogP contribution is 2.39. The van der Waals surface area contributed by atoms with Gasteiger partial charge in [-0.15, -0.1) is 0 Å². The first kappa shape index (κ1) is 17.5. The van der Waals surface area contributed by atoms with Gasteiger partial charge in [0.15, 0.2) is 0 Å². The minimum absolute atomic E-state index is 0.0534. The van der Waals surface area contributed by atoms with Crippen LogP contribution in [-0.4, -0.2) is 22.1 Å². The van der Waals surface area contributed by atoms with Crippen LogP contribution in [0.1, 0.15) is 57.1 Å². The fourth-order valence-corrected chi connectivity index (χ4v) is 4.43. The Hall–Kier alpha value is -1.94. The predicted molar refractivity (Wildman–Crippen MR) is 102 cm³/mol. The predicted octanol–water partition coefficient (Wildman–Crippen LogP) is 3.99. The van der Waals surface area contributed by atoms with Crippen molar-refractivity contribution < 1.29 is 9.90 Å². The molecular formula is C22H28N2O2. The van der Waals surface area contributed by atoms with Crippen LogP contribution in [0.4, 0.5) is 0 Å². The number of pyridine rings is 1. The van der Waals surface area contributed by atoms with Gasteiger partial charge in [-0.3, -0.25) is 9.78 Å². The van der Waals surface area contributed by atoms with E-state index in [0.29, 0.717) is 5.92 Å². The van der Waals surface area contributed by atoms with Crippen molar-refractivity contribution >= 4 is 16.8 Å². The summed E-state index contributed by atoms with van der Waals surface area (Å²) in [5.41, 5.74) is 2.02. The molecule has 2 aliphatic rings. The molecule has 1 aromatic carbocycles. The molecule has 0 bridgehead atoms. The summed E-state index contributed by atoms with van der Waals surface area (Å²) >= 11 is 0. The Morgan fingerprint density at radius 3 is 2.65 bits per heavy atom. The first-order chi connectivity index (χ1) is 12.6. The fraction of sp³-hybridized carbons (Fsp3) is 0.545. The maximum absolute atomic E-state index is 12.9. The van der Waals surface area contributed by atoms with Gasteiger partial charge in [0.25, 0.3) is 0 Å². The van der Waals surface area contributed by atoms with Gasteiger partial charge in [0, 0.05) is 17.5 Å². The second-order valence-electron chi connectivity index (χ2n) is 8.29. The molecule has 2 saturated carbocycles. The second kappa shape index (κ2) is 7.36. The van der Waals surface area contributed by atoms with E-state index in [1.54, 1.807) is 0 Å². The molecule has 1 heterocycles. The highest BCUT2D eigenvalue weighted by Gasteiger charge is 2.37. The molecule has 1 unspecified atom stereocenters. The van der Waals surface area contributed by atoms with E-state index in [4.69, 9.17) is 0 Å². The van der Waals surface area contributed by atoms with Gasteiger partial charge in [-0.25, -0.2) is 0 Å². The Labute approximate surface area is 155 Å². The Balaban J connectivity index is 1.54. The molecule has 2 aliphatic carbocycles. The first-order valence-corrected chi connectivity index (χ1v) is 9.93. The molecule has 4 rings (SSSR count). The summed E-state index contributed by atoms with van der Waals surface area (Å²) in [5.74, 6) is 1.34. The van der Waals surface area contributed by atoms with Crippen molar-refractivity contribution in [2.45, 2.75) is 57.6 Å². The van der Waals surface area contributed by atoms with E-state index in [1.165, 1.54) is 0 Å². The lowest BCUT2D eigenvalue weighted by Crippen LogP contribution is -2.43. The maximum Gasteiger partial charge on any atom is 0.223 e. The Morgan fingerprint density at radius 1 is 1.19 bits per heavy atom. The molecule has 0 saturated heterocycles. The topological polar surface area (TPSA) is 62.2 Å². The lowest BCUT2D eigenvalue weighted by Gasteiger charge is -2.39. The minimum atomic E-state index is -0.233. The van der Waals surface area contributed by atoms with Gasteiger partial charge in [0.05, 0.1) is 17.7 Å². The van der Waals surface area contributed by atoms with E-state index in [-0.39, 0.29) is 24.0 Å². The van der Waals surface area contributed by atoms with Crippen LogP contribution in [0.2, 0.25) is 0 Å². The van der Waals surface area contributed by atoms with E-state index in [2.05, 4.69) is 29.4 Å². The van der Waals surface area contributed by atoms with Gasteiger partial charge in [-0.2, -0.15) is 0 Å². The SMILES string of the molecule is CC1CCC(C(=O)NC(c2cnc3ccccc3c2)C2CC(O)C2)CC1. The summed E-state index contributed by atoms with van der Waals surface area (Å²) < 4.78 is 0. The van der Waals surface area contributed by atoms with Crippen molar-refractivity contribution in [3.8, 4) is 0 Å². The molecule has 0 radical (unpaired) electrons. The highest BCUT2D eigenvalue weighted by molar-refractivity contribution is 5.81. The van der Waals surface area contributed by atoms with Crippen LogP contribution in [0.3, 0.4) is 0 Å². The van der Waals surface area contributed by atoms with Crippen LogP contribution in [0, 0.1) is 17.8 Å². The third-order valence-corrected chi connectivity index (χ3v) is 6.28. The molecule has 0 aliphatic heterocycles. The number of carbonyl (C=O) groups is 1. The molecule has 1 amide bonds. The van der Waals surface area contributed by atoms with Crippen molar-refractivity contribution in [1.29, 1.82) is 0 Å². The molecule has 4 nitrogen and oxygen atoms in total. The van der Waals surface area contributed by atoms with Crippen molar-refractivity contribution in [1.82, 2.24) is 10.3 Å². The molecular weight excluding hydrogens is 324 g/mol. The summed E-state index contributed by atoms with van der Waals surface area (Å²) in [4.78, 5) is 17.5. The van der Waals surface area contributed by atoms with Crippen LogP contribution in [0.15, 0.2) is 36.5 Å². The molecule has 4 heteroatoms. The van der Waals surface area contributed by atoms with Crippen molar-refractivity contribution in [3.05, 3.63) is 42.1 Å². The first-order valence-electron chi connectivity index (χ1n) is 9.93. The van der Waals surface area contributed by atoms with E-state index in [0.717, 1.165) is 60.9 Å². The smallest absolute Gasteiger partial charge is 0.223 e. The van der Waals surface area contributed by atoms with Crippen LogP contribution < -0.4 is 5.32 Å². The van der Waals surface area contributed by atoms with Gasteiger partial charge >= 0.3 is 0 Å². The van der Waals surface area contributed by atoms with Crippen molar-refractivity contribution in [2.75, 3.05) is 0 Å². The molecule has 2 N–H and O–H groups in total. The molecule has 138 valence electrons. The van der Waals surface area contributed by atoms with Crippen LogP contribution in [0.5, 0.6) is 0 Å². The number of nitrogens with one attached hydrogen (secondary N) is 1. The zero-order valence-electron chi connectivity index (χ0n) is 15.4. The van der Waals surface area contributed by atoms with E-state index < -0.39 is 0 Å². The molecule has 2 fully saturated rings. The summed E-state index contributed by atoms with van der Waals surface area (Å²) in [6.07, 6.45) is 7.42. The third-order valence-electron chi connectivity index (χ3n) is 6.28. The number of para-hydroxylation sites is 1. The standard InChI is InChI=1S/C22H28N2O2/c1-14-6-8-15(9-7-14)22(26)24-21(17-11-19(25)12-17)18-10-16-4-2-3-5-20(16)23-13-18/h2-5,10,13-15,17,19,21,25H,6-9,11-12H2,1H3,(H,24,26). The molecule has 26 heavy (non-hydrogen) atoms. The monoisotopic (exact) mass is 352 g/mol. The largest absolute Gasteiger partial charge is 0.393 e. The number of amides is 1. The third kappa shape index (κ3) is 3.61. The van der Waals surface area contributed by atoms with Gasteiger partial charge in [0.2, 0.25) is 5.91 Å². The van der Waals surface area contributed by atoms with Crippen LogP contribution >= 0.6 is 0 Å². The van der Waals surface area contributed by atoms with Crippen LogP contribution in [0.25, 0.3) is 10.9 Å². The number of rotatable bonds is 4. The van der Waals surface area contributed by atoms with Crippen molar-refractivity contribution in [2.24, 2.45) is 17.8 Å². The molecule has 2 aromatic rings. The highest BCUT2D eigenvalue weighted by atomic mass is 16.3. The van der Waals surface area contributed by atoms with Crippen LogP contribution in [-0.2, 0) is 4.79 Å². The van der Waals surface area contributed by atoms with Gasteiger partial charge in [0.1, 0.15) is 0 Å². The number of hydrogen-bond acceptors (Lipinski definition) is 3. The lowest BCUT2D eigenvalue weighted by molar-refractivity contribution is -0.128. The van der Waals surface area contributed by atoms with E-state index in [1.807, 2.05) is 24.4 Å². The molecule has 0 spiro atoms. The van der Waals surface area contributed by atoms with Gasteiger partial charge in [-0.1, -0.05) is 25.1 Å². The summed E-state index contributed by atoms with van der Waals surface area (Å²) in [6.45, 7) is 2.27. The Kier molecular flexibility index (Phi) is 4.94. The number of aliphatic hydroxyl groups excluding tert-OH is 1. The van der Waals surface area contributed by atoms with Gasteiger partial charge in [-0.05, 0) is 68.1 Å². The zero-order valence-corrected chi connectivity index (χ0v) is 15.4. The fourth-order valence-electron chi connectivity index (χ4n) is 4.43. The Morgan fingerprint density at radius 2 is 1.92 bits per heavy atom. The maximum atomic E-state index is 12.9. The average molecular weight is 352 g/mol. The quantitative estimate of drug-likeness (QED) is 0.874. The number of fused-ring (bicyclic) bond motifs is 1. The average Bonchev–Trinajstić information content (AvgIpc) is 2.64. The normalized spacial score (nSPS) is 29.8. The minimum Gasteiger partial charge on any atom is -0.393 e. The summed E-state index contributed by atoms with van der Waals surface area (Å²) in [5, 5.41) is 14.2. The summed E-state index contributed by atoms with van der Waals surface area (Å²) in [6, 6.07) is 10.1. The lowest BCUT2D eigenvalue weighted by atomic mass is 9.74. The number of benzene rings is 1. The number of carbonyl (C=O) groups excluding carboxylic acids is 1. The second-order valence-corrected chi connectivity index (χ2v) is 8.29. The molecule has 1 atom stereocenters. The van der Waals surface area contributed by atoms with E-state index in [9.17, 15) is 9.90 Å². The summed E-state index contributed by atoms with van der Waals surface area (Å²) in [7, 11) is 0. The number of aliphatic hydroxyl groups is 1. The van der Waals surface area contributed by atoms with Gasteiger partial charge < -0.3 is 10.4 Å². The number of nitrogens with zero attached hydrogens (tertiary/aromatic N) is 1. The Bertz CT molecular complexity index is 777. The number of aromatic nitrogens is 1. The molecule has 1 aromatic heterocycles. The van der Waals surface area contributed by atoms with Crippen molar-refractivity contribution in [3.63, 3.8) is 0 Å². The number of hydrogen-bond donors (Lipinski definition) is 2. The zero-order chi connectivity index (χ0) is 18.1.